The Morgan fingerprint density at radius 1 is 0.968 bits per heavy atom. The molecular weight excluding hydrogens is 392 g/mol. The first-order valence-corrected chi connectivity index (χ1v) is 9.92. The zero-order chi connectivity index (χ0) is 22.0. The summed E-state index contributed by atoms with van der Waals surface area (Å²) in [5.41, 5.74) is 4.03. The molecule has 5 heteroatoms. The number of allylic oxidation sites excluding steroid dienone is 1. The first-order chi connectivity index (χ1) is 14.9. The van der Waals surface area contributed by atoms with Crippen molar-refractivity contribution in [1.82, 2.24) is 0 Å². The second-order valence-electron chi connectivity index (χ2n) is 7.46. The fourth-order valence-electron chi connectivity index (χ4n) is 3.43. The van der Waals surface area contributed by atoms with Crippen molar-refractivity contribution in [2.45, 2.75) is 20.3 Å². The van der Waals surface area contributed by atoms with Crippen LogP contribution < -0.4 is 14.2 Å². The van der Waals surface area contributed by atoms with Crippen LogP contribution in [0.1, 0.15) is 32.6 Å². The minimum Gasteiger partial charge on any atom is -0.497 e. The van der Waals surface area contributed by atoms with E-state index in [1.165, 1.54) is 0 Å². The lowest BCUT2D eigenvalue weighted by Gasteiger charge is -2.08. The maximum Gasteiger partial charge on any atom is 0.315 e. The lowest BCUT2D eigenvalue weighted by molar-refractivity contribution is -0.133. The SMILES string of the molecule is COc1ccc(CC(=O)Oc2cc(C)c3c(c2)O/C(=C\c2ccc(C)cc2)C3=O)cc1. The lowest BCUT2D eigenvalue weighted by Crippen LogP contribution is -2.11. The molecule has 3 aromatic carbocycles. The van der Waals surface area contributed by atoms with E-state index in [9.17, 15) is 9.59 Å². The number of benzene rings is 3. The normalized spacial score (nSPS) is 13.6. The van der Waals surface area contributed by atoms with Gasteiger partial charge in [-0.25, -0.2) is 0 Å². The van der Waals surface area contributed by atoms with Crippen LogP contribution in [0, 0.1) is 13.8 Å². The Balaban J connectivity index is 1.50. The number of carbonyl (C=O) groups excluding carboxylic acids is 2. The van der Waals surface area contributed by atoms with E-state index in [4.69, 9.17) is 14.2 Å². The van der Waals surface area contributed by atoms with Gasteiger partial charge in [0.05, 0.1) is 19.1 Å². The molecule has 4 rings (SSSR count). The highest BCUT2D eigenvalue weighted by Gasteiger charge is 2.30. The summed E-state index contributed by atoms with van der Waals surface area (Å²) in [5.74, 6) is 1.15. The van der Waals surface area contributed by atoms with E-state index in [0.717, 1.165) is 22.4 Å². The van der Waals surface area contributed by atoms with Crippen molar-refractivity contribution in [3.8, 4) is 17.2 Å². The molecule has 0 saturated heterocycles. The van der Waals surface area contributed by atoms with E-state index < -0.39 is 5.97 Å². The molecular formula is C26H22O5. The number of carbonyl (C=O) groups is 2. The van der Waals surface area contributed by atoms with Crippen molar-refractivity contribution in [3.63, 3.8) is 0 Å². The zero-order valence-corrected chi connectivity index (χ0v) is 17.6. The van der Waals surface area contributed by atoms with Gasteiger partial charge in [0, 0.05) is 6.07 Å². The number of rotatable bonds is 5. The van der Waals surface area contributed by atoms with Gasteiger partial charge in [-0.05, 0) is 54.8 Å². The first kappa shape index (κ1) is 20.4. The molecule has 5 nitrogen and oxygen atoms in total. The van der Waals surface area contributed by atoms with Gasteiger partial charge in [0.2, 0.25) is 5.78 Å². The maximum atomic E-state index is 12.8. The van der Waals surface area contributed by atoms with Crippen LogP contribution in [0.3, 0.4) is 0 Å². The molecule has 0 aliphatic carbocycles. The third-order valence-corrected chi connectivity index (χ3v) is 5.06. The zero-order valence-electron chi connectivity index (χ0n) is 17.6. The van der Waals surface area contributed by atoms with Crippen LogP contribution >= 0.6 is 0 Å². The number of fused-ring (bicyclic) bond motifs is 1. The summed E-state index contributed by atoms with van der Waals surface area (Å²) < 4.78 is 16.4. The highest BCUT2D eigenvalue weighted by atomic mass is 16.5. The van der Waals surface area contributed by atoms with Gasteiger partial charge >= 0.3 is 5.97 Å². The number of Topliss-reactive ketones (excluding diaryl/α,β-unsaturated/α-hetero) is 1. The Bertz CT molecular complexity index is 1170. The summed E-state index contributed by atoms with van der Waals surface area (Å²) in [7, 11) is 1.59. The molecule has 0 N–H and O–H groups in total. The van der Waals surface area contributed by atoms with Gasteiger partial charge in [0.25, 0.3) is 0 Å². The number of ketones is 1. The quantitative estimate of drug-likeness (QED) is 0.331. The summed E-state index contributed by atoms with van der Waals surface area (Å²) >= 11 is 0. The monoisotopic (exact) mass is 414 g/mol. The topological polar surface area (TPSA) is 61.8 Å². The van der Waals surface area contributed by atoms with Crippen molar-refractivity contribution >= 4 is 17.8 Å². The Morgan fingerprint density at radius 3 is 2.35 bits per heavy atom. The maximum absolute atomic E-state index is 12.8. The average Bonchev–Trinajstić information content (AvgIpc) is 3.05. The standard InChI is InChI=1S/C26H22O5/c1-16-4-6-18(7-5-16)13-23-26(28)25-17(2)12-21(15-22(25)31-23)30-24(27)14-19-8-10-20(29-3)11-9-19/h4-13,15H,14H2,1-3H3/b23-13-. The minimum atomic E-state index is -0.399. The second-order valence-corrected chi connectivity index (χ2v) is 7.46. The lowest BCUT2D eigenvalue weighted by atomic mass is 10.0. The Kier molecular flexibility index (Phi) is 5.58. The smallest absolute Gasteiger partial charge is 0.315 e. The van der Waals surface area contributed by atoms with Gasteiger partial charge in [-0.15, -0.1) is 0 Å². The Labute approximate surface area is 180 Å². The molecule has 1 heterocycles. The van der Waals surface area contributed by atoms with Crippen LogP contribution in [0.4, 0.5) is 0 Å². The van der Waals surface area contributed by atoms with Gasteiger partial charge < -0.3 is 14.2 Å². The molecule has 0 unspecified atom stereocenters. The summed E-state index contributed by atoms with van der Waals surface area (Å²) in [6, 6.07) is 18.3. The molecule has 1 aliphatic heterocycles. The molecule has 156 valence electrons. The molecule has 0 spiro atoms. The molecule has 3 aromatic rings. The third-order valence-electron chi connectivity index (χ3n) is 5.06. The largest absolute Gasteiger partial charge is 0.497 e. The fourth-order valence-corrected chi connectivity index (χ4v) is 3.43. The predicted molar refractivity (Wildman–Crippen MR) is 118 cm³/mol. The van der Waals surface area contributed by atoms with Gasteiger partial charge in [0.15, 0.2) is 5.76 Å². The first-order valence-electron chi connectivity index (χ1n) is 9.92. The molecule has 0 saturated carbocycles. The van der Waals surface area contributed by atoms with E-state index >= 15 is 0 Å². The summed E-state index contributed by atoms with van der Waals surface area (Å²) in [4.78, 5) is 25.2. The molecule has 0 atom stereocenters. The van der Waals surface area contributed by atoms with E-state index in [2.05, 4.69) is 0 Å². The van der Waals surface area contributed by atoms with Gasteiger partial charge in [0.1, 0.15) is 17.2 Å². The predicted octanol–water partition coefficient (Wildman–Crippen LogP) is 5.08. The minimum absolute atomic E-state index is 0.124. The second kappa shape index (κ2) is 8.48. The summed E-state index contributed by atoms with van der Waals surface area (Å²) in [6.07, 6.45) is 1.84. The van der Waals surface area contributed by atoms with E-state index in [0.29, 0.717) is 22.6 Å². The van der Waals surface area contributed by atoms with Gasteiger partial charge in [-0.3, -0.25) is 9.59 Å². The van der Waals surface area contributed by atoms with Crippen LogP contribution in [-0.4, -0.2) is 18.9 Å². The van der Waals surface area contributed by atoms with Crippen LogP contribution in [0.15, 0.2) is 66.4 Å². The van der Waals surface area contributed by atoms with Crippen LogP contribution in [0.2, 0.25) is 0 Å². The molecule has 0 amide bonds. The fraction of sp³-hybridized carbons (Fsp3) is 0.154. The third kappa shape index (κ3) is 4.51. The number of ether oxygens (including phenoxy) is 3. The number of hydrogen-bond acceptors (Lipinski definition) is 5. The van der Waals surface area contributed by atoms with Crippen molar-refractivity contribution in [1.29, 1.82) is 0 Å². The van der Waals surface area contributed by atoms with Crippen molar-refractivity contribution < 1.29 is 23.8 Å². The highest BCUT2D eigenvalue weighted by Crippen LogP contribution is 2.37. The number of hydrogen-bond donors (Lipinski definition) is 0. The molecule has 31 heavy (non-hydrogen) atoms. The van der Waals surface area contributed by atoms with Crippen molar-refractivity contribution in [3.05, 3.63) is 94.2 Å². The molecule has 0 aromatic heterocycles. The number of aryl methyl sites for hydroxylation is 2. The highest BCUT2D eigenvalue weighted by molar-refractivity contribution is 6.15. The Morgan fingerprint density at radius 2 is 1.68 bits per heavy atom. The molecule has 1 aliphatic rings. The summed E-state index contributed by atoms with van der Waals surface area (Å²) in [5, 5.41) is 0. The summed E-state index contributed by atoms with van der Waals surface area (Å²) in [6.45, 7) is 3.81. The van der Waals surface area contributed by atoms with Crippen molar-refractivity contribution in [2.75, 3.05) is 7.11 Å². The van der Waals surface area contributed by atoms with E-state index in [-0.39, 0.29) is 18.0 Å². The van der Waals surface area contributed by atoms with Crippen molar-refractivity contribution in [2.24, 2.45) is 0 Å². The number of esters is 1. The van der Waals surface area contributed by atoms with Crippen LogP contribution in [-0.2, 0) is 11.2 Å². The van der Waals surface area contributed by atoms with E-state index in [1.807, 2.05) is 43.3 Å². The van der Waals surface area contributed by atoms with Gasteiger partial charge in [-0.2, -0.15) is 0 Å². The molecule has 0 radical (unpaired) electrons. The van der Waals surface area contributed by atoms with Gasteiger partial charge in [-0.1, -0.05) is 42.0 Å². The number of methoxy groups -OCH3 is 1. The van der Waals surface area contributed by atoms with Crippen LogP contribution in [0.25, 0.3) is 6.08 Å². The average molecular weight is 414 g/mol. The molecule has 0 bridgehead atoms. The Hall–Kier alpha value is -3.86. The molecule has 0 fully saturated rings. The van der Waals surface area contributed by atoms with Crippen LogP contribution in [0.5, 0.6) is 17.2 Å². The van der Waals surface area contributed by atoms with E-state index in [1.54, 1.807) is 44.4 Å².